The summed E-state index contributed by atoms with van der Waals surface area (Å²) in [6.45, 7) is 2.02. The fourth-order valence-corrected chi connectivity index (χ4v) is 5.27. The molecule has 3 atom stereocenters. The van der Waals surface area contributed by atoms with Gasteiger partial charge in [-0.25, -0.2) is 9.78 Å². The molecule has 0 radical (unpaired) electrons. The normalized spacial score (nSPS) is 16.7. The lowest BCUT2D eigenvalue weighted by atomic mass is 9.91. The number of aromatic nitrogens is 2. The van der Waals surface area contributed by atoms with E-state index in [9.17, 15) is 9.59 Å². The first kappa shape index (κ1) is 26.7. The van der Waals surface area contributed by atoms with Crippen LogP contribution in [0.25, 0.3) is 11.3 Å². The molecule has 4 aromatic rings. The first-order chi connectivity index (χ1) is 18.9. The molecule has 1 aliphatic rings. The molecule has 8 nitrogen and oxygen atoms in total. The summed E-state index contributed by atoms with van der Waals surface area (Å²) in [5.74, 6) is 0.332. The average Bonchev–Trinajstić information content (AvgIpc) is 3.53. The standard InChI is InChI=1S/C29H26Cl2N4O4/c1-17(18-5-3-2-4-6-18)26(27-32-16-24(33-27)22-12-9-20(30)15-23(22)31)35-28(37)25(34-29(35)38)19-7-10-21(11-8-19)39-14-13-36/h2-12,15-17,25-26,36H,13-14H2,1H3,(H,32,33)(H,34,38)/t17-,25-,26+/m1/s1. The number of aliphatic hydroxyl groups excluding tert-OH is 1. The zero-order valence-corrected chi connectivity index (χ0v) is 22.5. The lowest BCUT2D eigenvalue weighted by Gasteiger charge is -2.29. The maximum atomic E-state index is 13.8. The van der Waals surface area contributed by atoms with Gasteiger partial charge in [-0.1, -0.05) is 72.6 Å². The van der Waals surface area contributed by atoms with Crippen molar-refractivity contribution in [2.75, 3.05) is 13.2 Å². The number of carbonyl (C=O) groups excluding carboxylic acids is 2. The molecular weight excluding hydrogens is 539 g/mol. The molecule has 0 aliphatic carbocycles. The van der Waals surface area contributed by atoms with Crippen molar-refractivity contribution in [3.63, 3.8) is 0 Å². The van der Waals surface area contributed by atoms with Crippen LogP contribution in [0.1, 0.15) is 41.9 Å². The number of ether oxygens (including phenoxy) is 1. The van der Waals surface area contributed by atoms with E-state index in [1.807, 2.05) is 37.3 Å². The van der Waals surface area contributed by atoms with Crippen LogP contribution in [0, 0.1) is 0 Å². The monoisotopic (exact) mass is 564 g/mol. The van der Waals surface area contributed by atoms with Crippen LogP contribution in [0.2, 0.25) is 10.0 Å². The van der Waals surface area contributed by atoms with Crippen molar-refractivity contribution < 1.29 is 19.4 Å². The number of imide groups is 1. The molecule has 0 spiro atoms. The molecule has 0 saturated carbocycles. The Labute approximate surface area is 235 Å². The summed E-state index contributed by atoms with van der Waals surface area (Å²) in [5.41, 5.74) is 2.90. The molecule has 5 rings (SSSR count). The molecule has 3 aromatic carbocycles. The number of imidazole rings is 1. The van der Waals surface area contributed by atoms with Crippen molar-refractivity contribution in [2.24, 2.45) is 0 Å². The van der Waals surface area contributed by atoms with Crippen LogP contribution in [0.5, 0.6) is 5.75 Å². The van der Waals surface area contributed by atoms with Crippen molar-refractivity contribution >= 4 is 35.1 Å². The van der Waals surface area contributed by atoms with Gasteiger partial charge in [0.25, 0.3) is 5.91 Å². The molecule has 1 aliphatic heterocycles. The van der Waals surface area contributed by atoms with Gasteiger partial charge >= 0.3 is 6.03 Å². The van der Waals surface area contributed by atoms with Gasteiger partial charge in [-0.2, -0.15) is 0 Å². The Morgan fingerprint density at radius 2 is 1.79 bits per heavy atom. The van der Waals surface area contributed by atoms with Crippen LogP contribution in [0.4, 0.5) is 4.79 Å². The van der Waals surface area contributed by atoms with Crippen LogP contribution in [0.15, 0.2) is 79.0 Å². The van der Waals surface area contributed by atoms with Crippen LogP contribution >= 0.6 is 23.2 Å². The number of H-pyrrole nitrogens is 1. The van der Waals surface area contributed by atoms with Crippen LogP contribution in [-0.4, -0.2) is 45.1 Å². The molecule has 10 heteroatoms. The van der Waals surface area contributed by atoms with Gasteiger partial charge in [0.15, 0.2) is 0 Å². The second-order valence-corrected chi connectivity index (χ2v) is 10.0. The van der Waals surface area contributed by atoms with E-state index in [0.29, 0.717) is 38.4 Å². The Morgan fingerprint density at radius 1 is 1.05 bits per heavy atom. The summed E-state index contributed by atoms with van der Waals surface area (Å²) in [6, 6.07) is 19.6. The van der Waals surface area contributed by atoms with Gasteiger partial charge in [0, 0.05) is 16.5 Å². The molecule has 1 fully saturated rings. The molecule has 200 valence electrons. The van der Waals surface area contributed by atoms with Gasteiger partial charge in [0.2, 0.25) is 0 Å². The van der Waals surface area contributed by atoms with Crippen molar-refractivity contribution in [1.82, 2.24) is 20.2 Å². The van der Waals surface area contributed by atoms with Gasteiger partial charge < -0.3 is 20.1 Å². The molecule has 1 aromatic heterocycles. The smallest absolute Gasteiger partial charge is 0.325 e. The number of benzene rings is 3. The number of rotatable bonds is 9. The number of hydrogen-bond acceptors (Lipinski definition) is 5. The highest BCUT2D eigenvalue weighted by Crippen LogP contribution is 2.40. The highest BCUT2D eigenvalue weighted by atomic mass is 35.5. The third-order valence-electron chi connectivity index (χ3n) is 6.72. The summed E-state index contributed by atoms with van der Waals surface area (Å²) < 4.78 is 5.41. The number of aromatic amines is 1. The van der Waals surface area contributed by atoms with Gasteiger partial charge in [-0.05, 0) is 41.5 Å². The van der Waals surface area contributed by atoms with Crippen molar-refractivity contribution in [3.8, 4) is 17.0 Å². The second-order valence-electron chi connectivity index (χ2n) is 9.18. The number of aliphatic hydroxyl groups is 1. The zero-order chi connectivity index (χ0) is 27.5. The Balaban J connectivity index is 1.50. The number of nitrogens with zero attached hydrogens (tertiary/aromatic N) is 2. The van der Waals surface area contributed by atoms with Crippen LogP contribution < -0.4 is 10.1 Å². The van der Waals surface area contributed by atoms with Gasteiger partial charge in [-0.3, -0.25) is 9.69 Å². The second kappa shape index (κ2) is 11.5. The van der Waals surface area contributed by atoms with Crippen LogP contribution in [-0.2, 0) is 4.79 Å². The first-order valence-corrected chi connectivity index (χ1v) is 13.2. The van der Waals surface area contributed by atoms with E-state index in [2.05, 4.69) is 15.3 Å². The highest BCUT2D eigenvalue weighted by molar-refractivity contribution is 6.36. The maximum absolute atomic E-state index is 13.8. The molecule has 3 amide bonds. The molecule has 3 N–H and O–H groups in total. The van der Waals surface area contributed by atoms with E-state index in [1.54, 1.807) is 48.7 Å². The van der Waals surface area contributed by atoms with Crippen molar-refractivity contribution in [2.45, 2.75) is 24.9 Å². The van der Waals surface area contributed by atoms with E-state index in [1.165, 1.54) is 4.90 Å². The number of urea groups is 1. The molecule has 1 saturated heterocycles. The minimum atomic E-state index is -0.866. The Bertz CT molecular complexity index is 1480. The third-order valence-corrected chi connectivity index (χ3v) is 7.27. The van der Waals surface area contributed by atoms with Gasteiger partial charge in [0.05, 0.1) is 23.5 Å². The largest absolute Gasteiger partial charge is 0.491 e. The number of hydrogen-bond donors (Lipinski definition) is 3. The number of halogens is 2. The number of nitrogens with one attached hydrogen (secondary N) is 2. The predicted octanol–water partition coefficient (Wildman–Crippen LogP) is 5.89. The SMILES string of the molecule is C[C@H](c1ccccc1)[C@@H](c1ncc(-c2ccc(Cl)cc2Cl)[nH]1)N1C(=O)N[C@H](c2ccc(OCCO)cc2)C1=O. The maximum Gasteiger partial charge on any atom is 0.325 e. The summed E-state index contributed by atoms with van der Waals surface area (Å²) in [4.78, 5) is 36.3. The topological polar surface area (TPSA) is 108 Å². The quantitative estimate of drug-likeness (QED) is 0.219. The lowest BCUT2D eigenvalue weighted by molar-refractivity contribution is -0.129. The number of amides is 3. The van der Waals surface area contributed by atoms with Crippen LogP contribution in [0.3, 0.4) is 0 Å². The predicted molar refractivity (Wildman–Crippen MR) is 149 cm³/mol. The minimum Gasteiger partial charge on any atom is -0.491 e. The minimum absolute atomic E-state index is 0.104. The van der Waals surface area contributed by atoms with E-state index >= 15 is 0 Å². The van der Waals surface area contributed by atoms with E-state index in [0.717, 1.165) is 5.56 Å². The number of carbonyl (C=O) groups is 2. The fraction of sp³-hybridized carbons (Fsp3) is 0.207. The lowest BCUT2D eigenvalue weighted by Crippen LogP contribution is -2.38. The fourth-order valence-electron chi connectivity index (χ4n) is 4.76. The van der Waals surface area contributed by atoms with E-state index in [4.69, 9.17) is 33.0 Å². The Kier molecular flexibility index (Phi) is 7.88. The average molecular weight is 565 g/mol. The summed E-state index contributed by atoms with van der Waals surface area (Å²) in [6.07, 6.45) is 1.64. The van der Waals surface area contributed by atoms with Crippen molar-refractivity contribution in [1.29, 1.82) is 0 Å². The first-order valence-electron chi connectivity index (χ1n) is 12.4. The van der Waals surface area contributed by atoms with Crippen molar-refractivity contribution in [3.05, 3.63) is 106 Å². The zero-order valence-electron chi connectivity index (χ0n) is 21.0. The summed E-state index contributed by atoms with van der Waals surface area (Å²) in [7, 11) is 0. The summed E-state index contributed by atoms with van der Waals surface area (Å²) in [5, 5.41) is 12.8. The molecule has 0 unspecified atom stereocenters. The van der Waals surface area contributed by atoms with Gasteiger partial charge in [0.1, 0.15) is 30.3 Å². The summed E-state index contributed by atoms with van der Waals surface area (Å²) >= 11 is 12.5. The Morgan fingerprint density at radius 3 is 2.49 bits per heavy atom. The van der Waals surface area contributed by atoms with Gasteiger partial charge in [-0.15, -0.1) is 0 Å². The van der Waals surface area contributed by atoms with E-state index in [-0.39, 0.29) is 25.0 Å². The molecule has 2 heterocycles. The molecular formula is C29H26Cl2N4O4. The third kappa shape index (κ3) is 5.49. The molecule has 0 bridgehead atoms. The molecule has 39 heavy (non-hydrogen) atoms. The Hall–Kier alpha value is -3.85. The van der Waals surface area contributed by atoms with E-state index < -0.39 is 18.1 Å². The highest BCUT2D eigenvalue weighted by Gasteiger charge is 2.46.